The van der Waals surface area contributed by atoms with Gasteiger partial charge in [-0.1, -0.05) is 48.5 Å². The first-order valence-corrected chi connectivity index (χ1v) is 8.11. The summed E-state index contributed by atoms with van der Waals surface area (Å²) < 4.78 is 2.03. The number of benzene rings is 2. The van der Waals surface area contributed by atoms with Gasteiger partial charge in [0.1, 0.15) is 5.82 Å². The van der Waals surface area contributed by atoms with E-state index in [4.69, 9.17) is 10.7 Å². The summed E-state index contributed by atoms with van der Waals surface area (Å²) in [4.78, 5) is 8.08. The standard InChI is InChI=1S/C20H20N4/c1-24-13-19(14-7-3-2-4-8-14)23-20(24)17(21)11-15-12-22-18-10-6-5-9-16(15)18/h2-10,12-13,17,22H,11,21H2,1H3/t17-/m1/s1. The molecule has 0 aliphatic rings. The van der Waals surface area contributed by atoms with Gasteiger partial charge >= 0.3 is 0 Å². The van der Waals surface area contributed by atoms with E-state index >= 15 is 0 Å². The number of para-hydroxylation sites is 1. The number of nitrogens with zero attached hydrogens (tertiary/aromatic N) is 2. The molecule has 2 aromatic carbocycles. The highest BCUT2D eigenvalue weighted by Crippen LogP contribution is 2.25. The number of hydrogen-bond donors (Lipinski definition) is 2. The van der Waals surface area contributed by atoms with Crippen molar-refractivity contribution < 1.29 is 0 Å². The molecule has 4 aromatic rings. The minimum absolute atomic E-state index is 0.147. The van der Waals surface area contributed by atoms with Crippen molar-refractivity contribution in [3.63, 3.8) is 0 Å². The second-order valence-electron chi connectivity index (χ2n) is 6.13. The lowest BCUT2D eigenvalue weighted by molar-refractivity contribution is 0.634. The van der Waals surface area contributed by atoms with Crippen molar-refractivity contribution in [2.75, 3.05) is 0 Å². The van der Waals surface area contributed by atoms with Gasteiger partial charge in [-0.25, -0.2) is 4.98 Å². The number of nitrogens with two attached hydrogens (primary N) is 1. The summed E-state index contributed by atoms with van der Waals surface area (Å²) in [7, 11) is 2.00. The van der Waals surface area contributed by atoms with Crippen LogP contribution >= 0.6 is 0 Å². The van der Waals surface area contributed by atoms with Crippen molar-refractivity contribution in [1.29, 1.82) is 0 Å². The van der Waals surface area contributed by atoms with Crippen LogP contribution in [0.15, 0.2) is 67.0 Å². The van der Waals surface area contributed by atoms with E-state index in [0.717, 1.165) is 29.0 Å². The van der Waals surface area contributed by atoms with Crippen LogP contribution in [0.5, 0.6) is 0 Å². The summed E-state index contributed by atoms with van der Waals surface area (Å²) in [6.07, 6.45) is 4.84. The Morgan fingerprint density at radius 1 is 1.08 bits per heavy atom. The van der Waals surface area contributed by atoms with Gasteiger partial charge in [0.25, 0.3) is 0 Å². The van der Waals surface area contributed by atoms with E-state index < -0.39 is 0 Å². The minimum Gasteiger partial charge on any atom is -0.361 e. The molecule has 4 rings (SSSR count). The van der Waals surface area contributed by atoms with Crippen LogP contribution in [0.25, 0.3) is 22.2 Å². The van der Waals surface area contributed by atoms with Crippen molar-refractivity contribution in [1.82, 2.24) is 14.5 Å². The molecule has 3 N–H and O–H groups in total. The van der Waals surface area contributed by atoms with E-state index in [9.17, 15) is 0 Å². The third-order valence-electron chi connectivity index (χ3n) is 4.43. The number of fused-ring (bicyclic) bond motifs is 1. The van der Waals surface area contributed by atoms with Gasteiger partial charge in [0.05, 0.1) is 11.7 Å². The molecule has 2 aromatic heterocycles. The van der Waals surface area contributed by atoms with Crippen molar-refractivity contribution in [2.45, 2.75) is 12.5 Å². The van der Waals surface area contributed by atoms with Crippen LogP contribution in [-0.4, -0.2) is 14.5 Å². The SMILES string of the molecule is Cn1cc(-c2ccccc2)nc1[C@H](N)Cc1c[nH]c2ccccc12. The van der Waals surface area contributed by atoms with Crippen LogP contribution in [-0.2, 0) is 13.5 Å². The Morgan fingerprint density at radius 2 is 1.83 bits per heavy atom. The minimum atomic E-state index is -0.147. The van der Waals surface area contributed by atoms with E-state index in [1.165, 1.54) is 10.9 Å². The molecule has 0 bridgehead atoms. The van der Waals surface area contributed by atoms with Crippen LogP contribution in [0, 0.1) is 0 Å². The van der Waals surface area contributed by atoms with Crippen LogP contribution in [0.4, 0.5) is 0 Å². The van der Waals surface area contributed by atoms with Gasteiger partial charge in [-0.3, -0.25) is 0 Å². The maximum atomic E-state index is 6.47. The molecular formula is C20H20N4. The van der Waals surface area contributed by atoms with E-state index in [1.54, 1.807) is 0 Å². The molecule has 1 atom stereocenters. The molecule has 0 fully saturated rings. The zero-order valence-corrected chi connectivity index (χ0v) is 13.6. The number of aromatic nitrogens is 3. The smallest absolute Gasteiger partial charge is 0.126 e. The third-order valence-corrected chi connectivity index (χ3v) is 4.43. The van der Waals surface area contributed by atoms with Gasteiger partial charge in [0.2, 0.25) is 0 Å². The number of nitrogens with one attached hydrogen (secondary N) is 1. The Kier molecular flexibility index (Phi) is 3.67. The maximum Gasteiger partial charge on any atom is 0.126 e. The maximum absolute atomic E-state index is 6.47. The molecule has 0 aliphatic carbocycles. The molecule has 0 amide bonds. The predicted octanol–water partition coefficient (Wildman–Crippen LogP) is 3.81. The Bertz CT molecular complexity index is 966. The zero-order valence-electron chi connectivity index (χ0n) is 13.6. The van der Waals surface area contributed by atoms with Crippen molar-refractivity contribution in [2.24, 2.45) is 12.8 Å². The van der Waals surface area contributed by atoms with Crippen LogP contribution in [0.3, 0.4) is 0 Å². The first-order valence-electron chi connectivity index (χ1n) is 8.11. The molecular weight excluding hydrogens is 296 g/mol. The van der Waals surface area contributed by atoms with E-state index in [-0.39, 0.29) is 6.04 Å². The Balaban J connectivity index is 1.63. The average molecular weight is 316 g/mol. The Hall–Kier alpha value is -2.85. The fourth-order valence-electron chi connectivity index (χ4n) is 3.20. The van der Waals surface area contributed by atoms with Crippen LogP contribution in [0.1, 0.15) is 17.4 Å². The van der Waals surface area contributed by atoms with Gasteiger partial charge < -0.3 is 15.3 Å². The van der Waals surface area contributed by atoms with E-state index in [2.05, 4.69) is 35.3 Å². The Morgan fingerprint density at radius 3 is 2.67 bits per heavy atom. The molecule has 0 saturated heterocycles. The summed E-state index contributed by atoms with van der Waals surface area (Å²) in [5.74, 6) is 0.902. The molecule has 120 valence electrons. The predicted molar refractivity (Wildman–Crippen MR) is 97.6 cm³/mol. The lowest BCUT2D eigenvalue weighted by Gasteiger charge is -2.10. The first kappa shape index (κ1) is 14.7. The molecule has 4 nitrogen and oxygen atoms in total. The van der Waals surface area contributed by atoms with E-state index in [1.807, 2.05) is 48.3 Å². The number of hydrogen-bond acceptors (Lipinski definition) is 2. The normalized spacial score (nSPS) is 12.6. The lowest BCUT2D eigenvalue weighted by Crippen LogP contribution is -2.17. The molecule has 2 heterocycles. The van der Waals surface area contributed by atoms with Crippen LogP contribution in [0.2, 0.25) is 0 Å². The summed E-state index contributed by atoms with van der Waals surface area (Å²) >= 11 is 0. The van der Waals surface area contributed by atoms with Gasteiger partial charge in [-0.05, 0) is 18.1 Å². The molecule has 0 unspecified atom stereocenters. The second kappa shape index (κ2) is 5.98. The largest absolute Gasteiger partial charge is 0.361 e. The number of imidazole rings is 1. The number of aromatic amines is 1. The Labute approximate surface area is 141 Å². The molecule has 0 spiro atoms. The van der Waals surface area contributed by atoms with Gasteiger partial charge in [0, 0.05) is 35.9 Å². The van der Waals surface area contributed by atoms with Crippen molar-refractivity contribution in [3.8, 4) is 11.3 Å². The highest BCUT2D eigenvalue weighted by Gasteiger charge is 2.16. The second-order valence-corrected chi connectivity index (χ2v) is 6.13. The number of rotatable bonds is 4. The molecule has 0 saturated carbocycles. The third kappa shape index (κ3) is 2.61. The quantitative estimate of drug-likeness (QED) is 0.601. The number of aryl methyl sites for hydroxylation is 1. The van der Waals surface area contributed by atoms with Gasteiger partial charge in [-0.2, -0.15) is 0 Å². The first-order chi connectivity index (χ1) is 11.7. The van der Waals surface area contributed by atoms with Crippen LogP contribution < -0.4 is 5.73 Å². The summed E-state index contributed by atoms with van der Waals surface area (Å²) in [6.45, 7) is 0. The van der Waals surface area contributed by atoms with Crippen molar-refractivity contribution in [3.05, 3.63) is 78.4 Å². The lowest BCUT2D eigenvalue weighted by atomic mass is 10.1. The molecule has 0 radical (unpaired) electrons. The molecule has 0 aliphatic heterocycles. The number of H-pyrrole nitrogens is 1. The van der Waals surface area contributed by atoms with E-state index in [0.29, 0.717) is 0 Å². The summed E-state index contributed by atoms with van der Waals surface area (Å²) in [5, 5.41) is 1.23. The molecule has 4 heteroatoms. The summed E-state index contributed by atoms with van der Waals surface area (Å²) in [5.41, 5.74) is 10.9. The average Bonchev–Trinajstić information content (AvgIpc) is 3.20. The van der Waals surface area contributed by atoms with Gasteiger partial charge in [-0.15, -0.1) is 0 Å². The monoisotopic (exact) mass is 316 g/mol. The summed E-state index contributed by atoms with van der Waals surface area (Å²) in [6, 6.07) is 18.3. The zero-order chi connectivity index (χ0) is 16.5. The fraction of sp³-hybridized carbons (Fsp3) is 0.150. The molecule has 24 heavy (non-hydrogen) atoms. The van der Waals surface area contributed by atoms with Gasteiger partial charge in [0.15, 0.2) is 0 Å². The topological polar surface area (TPSA) is 59.6 Å². The highest BCUT2D eigenvalue weighted by molar-refractivity contribution is 5.83. The fourth-order valence-corrected chi connectivity index (χ4v) is 3.20. The van der Waals surface area contributed by atoms with Crippen molar-refractivity contribution >= 4 is 10.9 Å². The highest BCUT2D eigenvalue weighted by atomic mass is 15.1.